The van der Waals surface area contributed by atoms with E-state index in [9.17, 15) is 0 Å². The monoisotopic (exact) mass is 344 g/mol. The summed E-state index contributed by atoms with van der Waals surface area (Å²) >= 11 is 0. The molecule has 3 heteroatoms. The molecule has 0 N–H and O–H groups in total. The molecule has 0 atom stereocenters. The normalized spacial score (nSPS) is 18.9. The fraction of sp³-hybridized carbons (Fsp3) is 0.348. The van der Waals surface area contributed by atoms with Crippen molar-refractivity contribution in [3.63, 3.8) is 0 Å². The van der Waals surface area contributed by atoms with Crippen LogP contribution in [-0.2, 0) is 18.4 Å². The van der Waals surface area contributed by atoms with Crippen LogP contribution >= 0.6 is 0 Å². The van der Waals surface area contributed by atoms with Crippen LogP contribution < -0.4 is 0 Å². The SMILES string of the molecule is c1ccc(CN2CCC3(CCc4ccc(-c5ccoc5)cc43)CC2)nc1. The lowest BCUT2D eigenvalue weighted by Gasteiger charge is -2.40. The van der Waals surface area contributed by atoms with E-state index < -0.39 is 0 Å². The fourth-order valence-electron chi connectivity index (χ4n) is 4.78. The molecule has 3 heterocycles. The molecule has 1 aliphatic heterocycles. The van der Waals surface area contributed by atoms with Crippen LogP contribution in [0.3, 0.4) is 0 Å². The highest BCUT2D eigenvalue weighted by atomic mass is 16.3. The average Bonchev–Trinajstić information content (AvgIpc) is 3.34. The van der Waals surface area contributed by atoms with Gasteiger partial charge in [-0.1, -0.05) is 24.3 Å². The van der Waals surface area contributed by atoms with Crippen LogP contribution in [0.25, 0.3) is 11.1 Å². The molecule has 1 aliphatic carbocycles. The second kappa shape index (κ2) is 6.40. The first kappa shape index (κ1) is 15.8. The van der Waals surface area contributed by atoms with E-state index in [1.807, 2.05) is 18.5 Å². The molecular formula is C23H24N2O. The lowest BCUT2D eigenvalue weighted by atomic mass is 9.73. The number of hydrogen-bond donors (Lipinski definition) is 0. The number of hydrogen-bond acceptors (Lipinski definition) is 3. The van der Waals surface area contributed by atoms with Gasteiger partial charge in [0.15, 0.2) is 0 Å². The van der Waals surface area contributed by atoms with Gasteiger partial charge in [-0.2, -0.15) is 0 Å². The molecule has 1 aromatic carbocycles. The van der Waals surface area contributed by atoms with Crippen LogP contribution in [0, 0.1) is 0 Å². The zero-order valence-corrected chi connectivity index (χ0v) is 15.0. The first-order valence-electron chi connectivity index (χ1n) is 9.61. The molecular weight excluding hydrogens is 320 g/mol. The van der Waals surface area contributed by atoms with Gasteiger partial charge in [0.05, 0.1) is 18.2 Å². The average molecular weight is 344 g/mol. The van der Waals surface area contributed by atoms with E-state index in [-0.39, 0.29) is 0 Å². The van der Waals surface area contributed by atoms with Crippen LogP contribution in [0.4, 0.5) is 0 Å². The predicted octanol–water partition coefficient (Wildman–Crippen LogP) is 4.82. The van der Waals surface area contributed by atoms with Gasteiger partial charge in [-0.15, -0.1) is 0 Å². The maximum Gasteiger partial charge on any atom is 0.0980 e. The Balaban J connectivity index is 1.35. The number of furan rings is 1. The maximum atomic E-state index is 5.28. The second-order valence-electron chi connectivity index (χ2n) is 7.76. The topological polar surface area (TPSA) is 29.3 Å². The highest BCUT2D eigenvalue weighted by Crippen LogP contribution is 2.47. The van der Waals surface area contributed by atoms with Crippen molar-refractivity contribution in [1.29, 1.82) is 0 Å². The first-order chi connectivity index (χ1) is 12.8. The highest BCUT2D eigenvalue weighted by molar-refractivity contribution is 5.65. The summed E-state index contributed by atoms with van der Waals surface area (Å²) in [6, 6.07) is 15.3. The number of rotatable bonds is 3. The number of piperidine rings is 1. The Kier molecular flexibility index (Phi) is 3.90. The van der Waals surface area contributed by atoms with Crippen LogP contribution in [0.5, 0.6) is 0 Å². The molecule has 0 saturated carbocycles. The van der Waals surface area contributed by atoms with Crippen molar-refractivity contribution in [2.24, 2.45) is 0 Å². The number of pyridine rings is 1. The van der Waals surface area contributed by atoms with Gasteiger partial charge in [0.25, 0.3) is 0 Å². The van der Waals surface area contributed by atoms with Crippen molar-refractivity contribution >= 4 is 0 Å². The summed E-state index contributed by atoms with van der Waals surface area (Å²) in [7, 11) is 0. The van der Waals surface area contributed by atoms with Gasteiger partial charge in [-0.3, -0.25) is 9.88 Å². The zero-order chi connectivity index (χ0) is 17.4. The van der Waals surface area contributed by atoms with Crippen molar-refractivity contribution in [2.45, 2.75) is 37.6 Å². The van der Waals surface area contributed by atoms with Gasteiger partial charge in [-0.05, 0) is 79.1 Å². The van der Waals surface area contributed by atoms with Crippen LogP contribution in [0.2, 0.25) is 0 Å². The third kappa shape index (κ3) is 2.77. The van der Waals surface area contributed by atoms with Crippen molar-refractivity contribution in [3.05, 3.63) is 78.0 Å². The Hall–Kier alpha value is -2.39. The third-order valence-electron chi connectivity index (χ3n) is 6.33. The summed E-state index contributed by atoms with van der Waals surface area (Å²) < 4.78 is 5.28. The number of likely N-dealkylation sites (tertiary alicyclic amines) is 1. The first-order valence-corrected chi connectivity index (χ1v) is 9.61. The van der Waals surface area contributed by atoms with Crippen molar-refractivity contribution in [1.82, 2.24) is 9.88 Å². The molecule has 0 amide bonds. The number of aryl methyl sites for hydroxylation is 1. The molecule has 0 bridgehead atoms. The Bertz CT molecular complexity index is 878. The second-order valence-corrected chi connectivity index (χ2v) is 7.76. The summed E-state index contributed by atoms with van der Waals surface area (Å²) in [4.78, 5) is 7.05. The third-order valence-corrected chi connectivity index (χ3v) is 6.33. The van der Waals surface area contributed by atoms with Crippen molar-refractivity contribution < 1.29 is 4.42 Å². The minimum Gasteiger partial charge on any atom is -0.472 e. The van der Waals surface area contributed by atoms with E-state index in [0.717, 1.165) is 19.6 Å². The van der Waals surface area contributed by atoms with Gasteiger partial charge in [0, 0.05) is 18.3 Å². The molecule has 0 radical (unpaired) electrons. The number of nitrogens with zero attached hydrogens (tertiary/aromatic N) is 2. The Morgan fingerprint density at radius 3 is 2.69 bits per heavy atom. The molecule has 1 fully saturated rings. The largest absolute Gasteiger partial charge is 0.472 e. The molecule has 1 spiro atoms. The highest BCUT2D eigenvalue weighted by Gasteiger charge is 2.41. The molecule has 5 rings (SSSR count). The van der Waals surface area contributed by atoms with E-state index in [1.165, 1.54) is 42.5 Å². The number of fused-ring (bicyclic) bond motifs is 2. The van der Waals surface area contributed by atoms with E-state index >= 15 is 0 Å². The van der Waals surface area contributed by atoms with Crippen molar-refractivity contribution in [3.8, 4) is 11.1 Å². The van der Waals surface area contributed by atoms with Gasteiger partial charge in [0.2, 0.25) is 0 Å². The zero-order valence-electron chi connectivity index (χ0n) is 15.0. The van der Waals surface area contributed by atoms with Gasteiger partial charge in [0.1, 0.15) is 0 Å². The molecule has 3 nitrogen and oxygen atoms in total. The Morgan fingerprint density at radius 2 is 1.92 bits per heavy atom. The minimum absolute atomic E-state index is 0.371. The molecule has 3 aromatic rings. The molecule has 132 valence electrons. The van der Waals surface area contributed by atoms with Crippen molar-refractivity contribution in [2.75, 3.05) is 13.1 Å². The van der Waals surface area contributed by atoms with E-state index in [4.69, 9.17) is 4.42 Å². The molecule has 2 aromatic heterocycles. The van der Waals surface area contributed by atoms with Crippen LogP contribution in [0.1, 0.15) is 36.1 Å². The maximum absolute atomic E-state index is 5.28. The molecule has 1 saturated heterocycles. The van der Waals surface area contributed by atoms with E-state index in [1.54, 1.807) is 17.4 Å². The summed E-state index contributed by atoms with van der Waals surface area (Å²) in [6.45, 7) is 3.29. The van der Waals surface area contributed by atoms with Gasteiger partial charge in [-0.25, -0.2) is 0 Å². The lowest BCUT2D eigenvalue weighted by Crippen LogP contribution is -2.41. The Morgan fingerprint density at radius 1 is 1.00 bits per heavy atom. The Labute approximate surface area is 154 Å². The van der Waals surface area contributed by atoms with E-state index in [2.05, 4.69) is 46.3 Å². The molecule has 2 aliphatic rings. The fourth-order valence-corrected chi connectivity index (χ4v) is 4.78. The van der Waals surface area contributed by atoms with Crippen LogP contribution in [-0.4, -0.2) is 23.0 Å². The van der Waals surface area contributed by atoms with Gasteiger partial charge < -0.3 is 4.42 Å². The van der Waals surface area contributed by atoms with Crippen LogP contribution in [0.15, 0.2) is 65.6 Å². The molecule has 26 heavy (non-hydrogen) atoms. The number of benzene rings is 1. The summed E-state index contributed by atoms with van der Waals surface area (Å²) in [5.41, 5.74) is 7.16. The van der Waals surface area contributed by atoms with E-state index in [0.29, 0.717) is 5.41 Å². The quantitative estimate of drug-likeness (QED) is 0.682. The lowest BCUT2D eigenvalue weighted by molar-refractivity contribution is 0.151. The number of aromatic nitrogens is 1. The minimum atomic E-state index is 0.371. The summed E-state index contributed by atoms with van der Waals surface area (Å²) in [5.74, 6) is 0. The summed E-state index contributed by atoms with van der Waals surface area (Å²) in [5, 5.41) is 0. The summed E-state index contributed by atoms with van der Waals surface area (Å²) in [6.07, 6.45) is 10.5. The van der Waals surface area contributed by atoms with Gasteiger partial charge >= 0.3 is 0 Å². The molecule has 0 unspecified atom stereocenters. The standard InChI is InChI=1S/C23H24N2O/c1-2-11-24-21(3-1)16-25-12-9-23(10-13-25)8-6-18-4-5-19(15-22(18)23)20-7-14-26-17-20/h1-5,7,11,14-15,17H,6,8-10,12-13,16H2. The smallest absolute Gasteiger partial charge is 0.0980 e. The predicted molar refractivity (Wildman–Crippen MR) is 103 cm³/mol.